The van der Waals surface area contributed by atoms with Gasteiger partial charge in [0.25, 0.3) is 10.2 Å². The van der Waals surface area contributed by atoms with Crippen LogP contribution in [-0.4, -0.2) is 45.3 Å². The van der Waals surface area contributed by atoms with Crippen LogP contribution in [0.2, 0.25) is 0 Å². The van der Waals surface area contributed by atoms with E-state index in [0.717, 1.165) is 12.8 Å². The number of nitrogens with one attached hydrogen (secondary N) is 2. The minimum Gasteiger partial charge on any atom is -0.481 e. The van der Waals surface area contributed by atoms with Gasteiger partial charge in [-0.3, -0.25) is 4.79 Å². The maximum absolute atomic E-state index is 11.8. The highest BCUT2D eigenvalue weighted by Gasteiger charge is 2.39. The molecule has 0 aliphatic heterocycles. The second-order valence-corrected chi connectivity index (χ2v) is 6.05. The van der Waals surface area contributed by atoms with Crippen molar-refractivity contribution in [1.82, 2.24) is 9.44 Å². The summed E-state index contributed by atoms with van der Waals surface area (Å²) >= 11 is 0. The Morgan fingerprint density at radius 1 is 1.39 bits per heavy atom. The molecule has 0 saturated heterocycles. The topological polar surface area (TPSA) is 105 Å². The maximum Gasteiger partial charge on any atom is 0.305 e. The van der Waals surface area contributed by atoms with Gasteiger partial charge in [0.15, 0.2) is 0 Å². The maximum atomic E-state index is 11.8. The minimum atomic E-state index is -3.68. The van der Waals surface area contributed by atoms with Crippen LogP contribution in [0.25, 0.3) is 0 Å². The Labute approximate surface area is 107 Å². The van der Waals surface area contributed by atoms with E-state index in [1.165, 1.54) is 7.11 Å². The summed E-state index contributed by atoms with van der Waals surface area (Å²) in [6.45, 7) is 0.432. The summed E-state index contributed by atoms with van der Waals surface area (Å²) in [5, 5.41) is 8.87. The first-order valence-electron chi connectivity index (χ1n) is 5.88. The van der Waals surface area contributed by atoms with Crippen molar-refractivity contribution in [1.29, 1.82) is 0 Å². The molecular formula is C10H20N2O5S. The monoisotopic (exact) mass is 280 g/mol. The fourth-order valence-corrected chi connectivity index (χ4v) is 3.53. The molecule has 0 aromatic carbocycles. The molecule has 0 aromatic rings. The number of carbonyl (C=O) groups is 1. The van der Waals surface area contributed by atoms with Gasteiger partial charge in [0, 0.05) is 19.2 Å². The third kappa shape index (κ3) is 4.89. The van der Waals surface area contributed by atoms with E-state index in [0.29, 0.717) is 12.8 Å². The quantitative estimate of drug-likeness (QED) is 0.536. The van der Waals surface area contributed by atoms with Gasteiger partial charge in [-0.25, -0.2) is 0 Å². The first kappa shape index (κ1) is 15.4. The minimum absolute atomic E-state index is 0.162. The van der Waals surface area contributed by atoms with Crippen molar-refractivity contribution in [3.8, 4) is 0 Å². The van der Waals surface area contributed by atoms with Crippen molar-refractivity contribution in [2.75, 3.05) is 20.3 Å². The lowest BCUT2D eigenvalue weighted by Gasteiger charge is -2.28. The predicted octanol–water partition coefficient (Wildman–Crippen LogP) is -0.156. The van der Waals surface area contributed by atoms with Crippen LogP contribution >= 0.6 is 0 Å². The van der Waals surface area contributed by atoms with Gasteiger partial charge in [-0.1, -0.05) is 12.8 Å². The second kappa shape index (κ2) is 6.46. The summed E-state index contributed by atoms with van der Waals surface area (Å²) in [7, 11) is -2.21. The van der Waals surface area contributed by atoms with Crippen LogP contribution in [0.5, 0.6) is 0 Å². The molecule has 1 aliphatic rings. The van der Waals surface area contributed by atoms with Crippen molar-refractivity contribution in [2.24, 2.45) is 0 Å². The number of aliphatic carboxylic acids is 1. The van der Waals surface area contributed by atoms with Gasteiger partial charge < -0.3 is 9.84 Å². The Balaban J connectivity index is 2.62. The van der Waals surface area contributed by atoms with Crippen LogP contribution in [0.3, 0.4) is 0 Å². The lowest BCUT2D eigenvalue weighted by atomic mass is 9.95. The van der Waals surface area contributed by atoms with Crippen molar-refractivity contribution in [3.63, 3.8) is 0 Å². The zero-order chi connectivity index (χ0) is 13.6. The number of hydrogen-bond acceptors (Lipinski definition) is 4. The van der Waals surface area contributed by atoms with Gasteiger partial charge in [-0.15, -0.1) is 0 Å². The molecule has 8 heteroatoms. The third-order valence-electron chi connectivity index (χ3n) is 3.00. The SMILES string of the molecule is COCCNS(=O)(=O)NC1(CC(=O)O)CCCC1. The highest BCUT2D eigenvalue weighted by molar-refractivity contribution is 7.87. The van der Waals surface area contributed by atoms with Gasteiger partial charge in [-0.2, -0.15) is 17.9 Å². The Bertz CT molecular complexity index is 376. The van der Waals surface area contributed by atoms with Crippen LogP contribution in [0.15, 0.2) is 0 Å². The Hall–Kier alpha value is -0.700. The molecule has 7 nitrogen and oxygen atoms in total. The van der Waals surface area contributed by atoms with Crippen LogP contribution < -0.4 is 9.44 Å². The van der Waals surface area contributed by atoms with Crippen molar-refractivity contribution >= 4 is 16.2 Å². The smallest absolute Gasteiger partial charge is 0.305 e. The number of hydrogen-bond donors (Lipinski definition) is 3. The Morgan fingerprint density at radius 2 is 2.00 bits per heavy atom. The predicted molar refractivity (Wildman–Crippen MR) is 65.4 cm³/mol. The Kier molecular flexibility index (Phi) is 5.51. The van der Waals surface area contributed by atoms with E-state index in [1.54, 1.807) is 0 Å². The molecule has 0 amide bonds. The lowest BCUT2D eigenvalue weighted by molar-refractivity contribution is -0.138. The van der Waals surface area contributed by atoms with E-state index in [4.69, 9.17) is 9.84 Å². The Morgan fingerprint density at radius 3 is 2.50 bits per heavy atom. The van der Waals surface area contributed by atoms with Crippen LogP contribution in [-0.2, 0) is 19.7 Å². The van der Waals surface area contributed by atoms with E-state index < -0.39 is 21.7 Å². The summed E-state index contributed by atoms with van der Waals surface area (Å²) in [5.74, 6) is -0.989. The van der Waals surface area contributed by atoms with E-state index in [9.17, 15) is 13.2 Å². The number of methoxy groups -OCH3 is 1. The molecule has 106 valence electrons. The zero-order valence-corrected chi connectivity index (χ0v) is 11.3. The number of rotatable bonds is 8. The normalized spacial score (nSPS) is 18.9. The number of ether oxygens (including phenoxy) is 1. The molecule has 0 heterocycles. The largest absolute Gasteiger partial charge is 0.481 e. The third-order valence-corrected chi connectivity index (χ3v) is 4.29. The zero-order valence-electron chi connectivity index (χ0n) is 10.4. The van der Waals surface area contributed by atoms with Gasteiger partial charge in [0.05, 0.1) is 13.0 Å². The number of carboxylic acid groups (broad SMARTS) is 1. The molecule has 1 aliphatic carbocycles. The molecule has 1 fully saturated rings. The highest BCUT2D eigenvalue weighted by atomic mass is 32.2. The second-order valence-electron chi connectivity index (χ2n) is 4.55. The summed E-state index contributed by atoms with van der Waals surface area (Å²) in [5.41, 5.74) is -0.843. The molecule has 0 aromatic heterocycles. The first-order valence-corrected chi connectivity index (χ1v) is 7.37. The first-order chi connectivity index (χ1) is 8.39. The van der Waals surface area contributed by atoms with Gasteiger partial charge >= 0.3 is 5.97 Å². The van der Waals surface area contributed by atoms with Gasteiger partial charge in [0.2, 0.25) is 0 Å². The molecule has 0 radical (unpaired) electrons. The van der Waals surface area contributed by atoms with E-state index >= 15 is 0 Å². The molecular weight excluding hydrogens is 260 g/mol. The molecule has 0 atom stereocenters. The van der Waals surface area contributed by atoms with Crippen molar-refractivity contribution in [2.45, 2.75) is 37.6 Å². The van der Waals surface area contributed by atoms with Crippen LogP contribution in [0.1, 0.15) is 32.1 Å². The van der Waals surface area contributed by atoms with Crippen molar-refractivity contribution < 1.29 is 23.1 Å². The molecule has 0 spiro atoms. The van der Waals surface area contributed by atoms with Crippen LogP contribution in [0.4, 0.5) is 0 Å². The standard InChI is InChI=1S/C10H20N2O5S/c1-17-7-6-11-18(15,16)12-10(8-9(13)14)4-2-3-5-10/h11-12H,2-8H2,1H3,(H,13,14). The fourth-order valence-electron chi connectivity index (χ4n) is 2.26. The molecule has 0 unspecified atom stereocenters. The van der Waals surface area contributed by atoms with Crippen molar-refractivity contribution in [3.05, 3.63) is 0 Å². The summed E-state index contributed by atoms with van der Waals surface area (Å²) in [6.07, 6.45) is 2.62. The number of carboxylic acids is 1. The van der Waals surface area contributed by atoms with Gasteiger partial charge in [-0.05, 0) is 12.8 Å². The molecule has 18 heavy (non-hydrogen) atoms. The van der Waals surface area contributed by atoms with E-state index in [2.05, 4.69) is 9.44 Å². The van der Waals surface area contributed by atoms with E-state index in [-0.39, 0.29) is 19.6 Å². The average molecular weight is 280 g/mol. The molecule has 1 saturated carbocycles. The van der Waals surface area contributed by atoms with Crippen LogP contribution in [0, 0.1) is 0 Å². The lowest BCUT2D eigenvalue weighted by Crippen LogP contribution is -2.52. The summed E-state index contributed by atoms with van der Waals surface area (Å²) in [6, 6.07) is 0. The molecule has 1 rings (SSSR count). The van der Waals surface area contributed by atoms with E-state index in [1.807, 2.05) is 0 Å². The molecule has 3 N–H and O–H groups in total. The fraction of sp³-hybridized carbons (Fsp3) is 0.900. The highest BCUT2D eigenvalue weighted by Crippen LogP contribution is 2.33. The average Bonchev–Trinajstić information content (AvgIpc) is 2.64. The summed E-state index contributed by atoms with van der Waals surface area (Å²) in [4.78, 5) is 10.8. The molecule has 0 bridgehead atoms. The summed E-state index contributed by atoms with van der Waals surface area (Å²) < 4.78 is 33.1. The van der Waals surface area contributed by atoms with Gasteiger partial charge in [0.1, 0.15) is 0 Å².